The second-order valence-corrected chi connectivity index (χ2v) is 5.67. The Balaban J connectivity index is 1.92. The molecule has 0 saturated heterocycles. The van der Waals surface area contributed by atoms with E-state index in [2.05, 4.69) is 26.2 Å². The molecule has 1 N–H and O–H groups in total. The predicted molar refractivity (Wildman–Crippen MR) is 93.1 cm³/mol. The number of aromatic nitrogens is 1. The maximum atomic E-state index is 12.1. The molecular formula is C17H17BrN2O4. The van der Waals surface area contributed by atoms with E-state index >= 15 is 0 Å². The number of anilines is 1. The fourth-order valence-electron chi connectivity index (χ4n) is 1.85. The van der Waals surface area contributed by atoms with Gasteiger partial charge in [0.25, 0.3) is 5.91 Å². The molecule has 0 fully saturated rings. The van der Waals surface area contributed by atoms with Crippen LogP contribution in [-0.4, -0.2) is 36.7 Å². The molecule has 0 aliphatic heterocycles. The average molecular weight is 393 g/mol. The molecule has 7 heteroatoms. The van der Waals surface area contributed by atoms with Gasteiger partial charge in [0.2, 0.25) is 0 Å². The Labute approximate surface area is 148 Å². The minimum atomic E-state index is -0.427. The van der Waals surface area contributed by atoms with Gasteiger partial charge in [0.1, 0.15) is 6.61 Å². The van der Waals surface area contributed by atoms with E-state index in [0.29, 0.717) is 30.0 Å². The van der Waals surface area contributed by atoms with Crippen LogP contribution in [0.4, 0.5) is 5.69 Å². The van der Waals surface area contributed by atoms with Crippen LogP contribution in [-0.2, 0) is 9.47 Å². The van der Waals surface area contributed by atoms with Gasteiger partial charge in [-0.1, -0.05) is 0 Å². The first kappa shape index (κ1) is 18.1. The molecule has 6 nitrogen and oxygen atoms in total. The summed E-state index contributed by atoms with van der Waals surface area (Å²) in [5.41, 5.74) is 1.42. The number of carbonyl (C=O) groups is 2. The molecule has 0 aliphatic rings. The Morgan fingerprint density at radius 3 is 2.54 bits per heavy atom. The third-order valence-corrected chi connectivity index (χ3v) is 3.44. The summed E-state index contributed by atoms with van der Waals surface area (Å²) in [6, 6.07) is 8.15. The van der Waals surface area contributed by atoms with Crippen LogP contribution in [0.1, 0.15) is 27.6 Å². The van der Waals surface area contributed by atoms with Crippen LogP contribution in [0.25, 0.3) is 0 Å². The molecule has 0 radical (unpaired) electrons. The Bertz CT molecular complexity index is 704. The highest BCUT2D eigenvalue weighted by molar-refractivity contribution is 9.10. The smallest absolute Gasteiger partial charge is 0.338 e. The molecule has 0 aliphatic carbocycles. The van der Waals surface area contributed by atoms with E-state index in [0.717, 1.165) is 4.47 Å². The van der Waals surface area contributed by atoms with E-state index in [1.807, 2.05) is 6.92 Å². The summed E-state index contributed by atoms with van der Waals surface area (Å²) in [4.78, 5) is 27.9. The summed E-state index contributed by atoms with van der Waals surface area (Å²) in [5, 5.41) is 2.74. The highest BCUT2D eigenvalue weighted by atomic mass is 79.9. The molecule has 0 saturated carbocycles. The first-order valence-electron chi connectivity index (χ1n) is 7.37. The first-order valence-corrected chi connectivity index (χ1v) is 8.16. The number of hydrogen-bond acceptors (Lipinski definition) is 5. The number of benzene rings is 1. The third-order valence-electron chi connectivity index (χ3n) is 3.01. The van der Waals surface area contributed by atoms with Gasteiger partial charge in [-0.15, -0.1) is 0 Å². The number of ether oxygens (including phenoxy) is 2. The molecule has 0 bridgehead atoms. The van der Waals surface area contributed by atoms with Crippen LogP contribution in [0.15, 0.2) is 47.2 Å². The van der Waals surface area contributed by atoms with Crippen LogP contribution in [0.5, 0.6) is 0 Å². The molecule has 0 atom stereocenters. The summed E-state index contributed by atoms with van der Waals surface area (Å²) in [5.74, 6) is -0.709. The lowest BCUT2D eigenvalue weighted by Gasteiger charge is -2.07. The first-order chi connectivity index (χ1) is 11.6. The molecule has 0 unspecified atom stereocenters. The summed E-state index contributed by atoms with van der Waals surface area (Å²) in [6.45, 7) is 3.04. The quantitative estimate of drug-likeness (QED) is 0.577. The lowest BCUT2D eigenvalue weighted by atomic mass is 10.2. The topological polar surface area (TPSA) is 77.5 Å². The Morgan fingerprint density at radius 2 is 1.88 bits per heavy atom. The van der Waals surface area contributed by atoms with Gasteiger partial charge in [-0.2, -0.15) is 0 Å². The molecule has 1 aromatic carbocycles. The molecule has 24 heavy (non-hydrogen) atoms. The Kier molecular flexibility index (Phi) is 6.89. The average Bonchev–Trinajstić information content (AvgIpc) is 2.59. The summed E-state index contributed by atoms with van der Waals surface area (Å²) in [6.07, 6.45) is 3.08. The van der Waals surface area contributed by atoms with E-state index in [1.54, 1.807) is 36.5 Å². The SMILES string of the molecule is CCOCCOC(=O)c1ccc(NC(=O)c2cncc(Br)c2)cc1. The van der Waals surface area contributed by atoms with Gasteiger partial charge in [0.15, 0.2) is 0 Å². The van der Waals surface area contributed by atoms with Gasteiger partial charge < -0.3 is 14.8 Å². The number of esters is 1. The van der Waals surface area contributed by atoms with Crippen molar-refractivity contribution in [1.29, 1.82) is 0 Å². The summed E-state index contributed by atoms with van der Waals surface area (Å²) >= 11 is 3.27. The number of carbonyl (C=O) groups excluding carboxylic acids is 2. The lowest BCUT2D eigenvalue weighted by molar-refractivity contribution is 0.0335. The van der Waals surface area contributed by atoms with Gasteiger partial charge in [0.05, 0.1) is 17.7 Å². The zero-order valence-electron chi connectivity index (χ0n) is 13.1. The van der Waals surface area contributed by atoms with E-state index in [9.17, 15) is 9.59 Å². The van der Waals surface area contributed by atoms with Gasteiger partial charge in [0, 0.05) is 29.2 Å². The summed E-state index contributed by atoms with van der Waals surface area (Å²) < 4.78 is 10.9. The van der Waals surface area contributed by atoms with Crippen molar-refractivity contribution in [3.63, 3.8) is 0 Å². The predicted octanol–water partition coefficient (Wildman–Crippen LogP) is 3.29. The van der Waals surface area contributed by atoms with Crippen LogP contribution >= 0.6 is 15.9 Å². The van der Waals surface area contributed by atoms with E-state index in [1.165, 1.54) is 6.20 Å². The zero-order valence-corrected chi connectivity index (χ0v) is 14.7. The van der Waals surface area contributed by atoms with Crippen LogP contribution < -0.4 is 5.32 Å². The van der Waals surface area contributed by atoms with Crippen LogP contribution in [0.3, 0.4) is 0 Å². The van der Waals surface area contributed by atoms with Gasteiger partial charge in [-0.3, -0.25) is 9.78 Å². The van der Waals surface area contributed by atoms with Gasteiger partial charge in [-0.05, 0) is 53.2 Å². The monoisotopic (exact) mass is 392 g/mol. The minimum absolute atomic E-state index is 0.209. The highest BCUT2D eigenvalue weighted by Crippen LogP contribution is 2.14. The molecule has 0 spiro atoms. The van der Waals surface area contributed by atoms with Crippen molar-refractivity contribution in [1.82, 2.24) is 4.98 Å². The van der Waals surface area contributed by atoms with Crippen molar-refractivity contribution in [3.8, 4) is 0 Å². The lowest BCUT2D eigenvalue weighted by Crippen LogP contribution is -2.13. The van der Waals surface area contributed by atoms with Crippen molar-refractivity contribution >= 4 is 33.5 Å². The summed E-state index contributed by atoms with van der Waals surface area (Å²) in [7, 11) is 0. The van der Waals surface area contributed by atoms with Crippen molar-refractivity contribution in [3.05, 3.63) is 58.3 Å². The van der Waals surface area contributed by atoms with Gasteiger partial charge >= 0.3 is 5.97 Å². The van der Waals surface area contributed by atoms with Crippen LogP contribution in [0.2, 0.25) is 0 Å². The molecule has 1 heterocycles. The molecule has 2 aromatic rings. The van der Waals surface area contributed by atoms with Crippen LogP contribution in [0, 0.1) is 0 Å². The van der Waals surface area contributed by atoms with Gasteiger partial charge in [-0.25, -0.2) is 4.79 Å². The highest BCUT2D eigenvalue weighted by Gasteiger charge is 2.09. The Hall–Kier alpha value is -2.25. The van der Waals surface area contributed by atoms with Crippen molar-refractivity contribution < 1.29 is 19.1 Å². The fourth-order valence-corrected chi connectivity index (χ4v) is 2.21. The van der Waals surface area contributed by atoms with E-state index < -0.39 is 5.97 Å². The molecule has 126 valence electrons. The zero-order chi connectivity index (χ0) is 17.4. The maximum absolute atomic E-state index is 12.1. The second kappa shape index (κ2) is 9.14. The Morgan fingerprint density at radius 1 is 1.12 bits per heavy atom. The standard InChI is InChI=1S/C17H17BrN2O4/c1-2-23-7-8-24-17(22)12-3-5-15(6-4-12)20-16(21)13-9-14(18)11-19-10-13/h3-6,9-11H,2,7-8H2,1H3,(H,20,21). The number of nitrogens with one attached hydrogen (secondary N) is 1. The van der Waals surface area contributed by atoms with Crippen molar-refractivity contribution in [2.45, 2.75) is 6.92 Å². The largest absolute Gasteiger partial charge is 0.460 e. The number of halogens is 1. The molecule has 1 amide bonds. The number of rotatable bonds is 7. The maximum Gasteiger partial charge on any atom is 0.338 e. The fraction of sp³-hybridized carbons (Fsp3) is 0.235. The molecular weight excluding hydrogens is 376 g/mol. The number of hydrogen-bond donors (Lipinski definition) is 1. The van der Waals surface area contributed by atoms with E-state index in [4.69, 9.17) is 9.47 Å². The molecule has 1 aromatic heterocycles. The number of amides is 1. The van der Waals surface area contributed by atoms with Crippen molar-refractivity contribution in [2.75, 3.05) is 25.1 Å². The van der Waals surface area contributed by atoms with E-state index in [-0.39, 0.29) is 12.5 Å². The number of pyridine rings is 1. The molecule has 2 rings (SSSR count). The second-order valence-electron chi connectivity index (χ2n) is 4.76. The minimum Gasteiger partial charge on any atom is -0.460 e. The normalized spacial score (nSPS) is 10.2. The third kappa shape index (κ3) is 5.43. The number of nitrogens with zero attached hydrogens (tertiary/aromatic N) is 1. The van der Waals surface area contributed by atoms with Crippen molar-refractivity contribution in [2.24, 2.45) is 0 Å².